The molecule has 0 radical (unpaired) electrons. The van der Waals surface area contributed by atoms with E-state index in [2.05, 4.69) is 0 Å². The molecule has 0 amide bonds. The van der Waals surface area contributed by atoms with Crippen LogP contribution in [0.4, 0.5) is 0 Å². The maximum Gasteiger partial charge on any atom is 0.231 e. The van der Waals surface area contributed by atoms with E-state index in [4.69, 9.17) is 9.47 Å². The molecule has 2 aromatic carbocycles. The van der Waals surface area contributed by atoms with Crippen molar-refractivity contribution in [3.63, 3.8) is 0 Å². The first-order valence-electron chi connectivity index (χ1n) is 7.42. The van der Waals surface area contributed by atoms with Gasteiger partial charge in [-0.25, -0.2) is 8.42 Å². The standard InChI is InChI=1S/C17H16O5S/c18-9-13-16(11-6-7-14-15(8-11)22-10-21-14)17(13)23(19,20)12-4-2-1-3-5-12/h1-8,13,16-18H,9-10H2. The van der Waals surface area contributed by atoms with Gasteiger partial charge in [0.15, 0.2) is 21.3 Å². The molecule has 0 bridgehead atoms. The number of sulfone groups is 1. The topological polar surface area (TPSA) is 72.8 Å². The predicted molar refractivity (Wildman–Crippen MR) is 83.3 cm³/mol. The molecule has 2 aliphatic rings. The number of aliphatic hydroxyl groups is 1. The fourth-order valence-corrected chi connectivity index (χ4v) is 5.53. The molecule has 0 saturated heterocycles. The number of fused-ring (bicyclic) bond motifs is 1. The smallest absolute Gasteiger partial charge is 0.231 e. The Morgan fingerprint density at radius 1 is 1.04 bits per heavy atom. The average molecular weight is 332 g/mol. The number of hydrogen-bond acceptors (Lipinski definition) is 5. The monoisotopic (exact) mass is 332 g/mol. The van der Waals surface area contributed by atoms with Crippen molar-refractivity contribution in [3.8, 4) is 11.5 Å². The highest BCUT2D eigenvalue weighted by molar-refractivity contribution is 7.92. The lowest BCUT2D eigenvalue weighted by atomic mass is 10.1. The van der Waals surface area contributed by atoms with Gasteiger partial charge in [0.2, 0.25) is 6.79 Å². The highest BCUT2D eigenvalue weighted by atomic mass is 32.2. The highest BCUT2D eigenvalue weighted by Gasteiger charge is 2.58. The Kier molecular flexibility index (Phi) is 3.32. The van der Waals surface area contributed by atoms with Gasteiger partial charge in [0, 0.05) is 18.4 Å². The van der Waals surface area contributed by atoms with Gasteiger partial charge >= 0.3 is 0 Å². The van der Waals surface area contributed by atoms with Gasteiger partial charge in [-0.1, -0.05) is 24.3 Å². The van der Waals surface area contributed by atoms with Crippen LogP contribution in [0.1, 0.15) is 11.5 Å². The number of rotatable bonds is 4. The predicted octanol–water partition coefficient (Wildman–Crippen LogP) is 1.96. The second kappa shape index (κ2) is 5.25. The average Bonchev–Trinajstić information content (AvgIpc) is 3.15. The van der Waals surface area contributed by atoms with E-state index in [0.29, 0.717) is 16.4 Å². The minimum absolute atomic E-state index is 0.157. The molecule has 1 aliphatic heterocycles. The molecule has 23 heavy (non-hydrogen) atoms. The highest BCUT2D eigenvalue weighted by Crippen LogP contribution is 2.54. The Morgan fingerprint density at radius 3 is 2.52 bits per heavy atom. The molecule has 3 unspecified atom stereocenters. The molecule has 6 heteroatoms. The Balaban J connectivity index is 1.68. The maximum absolute atomic E-state index is 12.8. The summed E-state index contributed by atoms with van der Waals surface area (Å²) in [5.74, 6) is 0.777. The van der Waals surface area contributed by atoms with E-state index in [9.17, 15) is 13.5 Å². The van der Waals surface area contributed by atoms with Gasteiger partial charge in [0.1, 0.15) is 0 Å². The fourth-order valence-electron chi connectivity index (χ4n) is 3.31. The van der Waals surface area contributed by atoms with Crippen LogP contribution in [0.25, 0.3) is 0 Å². The van der Waals surface area contributed by atoms with Crippen molar-refractivity contribution in [2.45, 2.75) is 16.1 Å². The van der Waals surface area contributed by atoms with E-state index in [1.165, 1.54) is 0 Å². The molecule has 2 aromatic rings. The van der Waals surface area contributed by atoms with Gasteiger partial charge in [-0.3, -0.25) is 0 Å². The molecule has 4 rings (SSSR count). The number of aliphatic hydroxyl groups excluding tert-OH is 1. The normalized spacial score (nSPS) is 25.3. The summed E-state index contributed by atoms with van der Waals surface area (Å²) in [6, 6.07) is 13.8. The maximum atomic E-state index is 12.8. The summed E-state index contributed by atoms with van der Waals surface area (Å²) in [6.45, 7) is 0.0223. The van der Waals surface area contributed by atoms with E-state index >= 15 is 0 Å². The first kappa shape index (κ1) is 14.5. The summed E-state index contributed by atoms with van der Waals surface area (Å²) in [7, 11) is -3.47. The van der Waals surface area contributed by atoms with Crippen LogP contribution in [0.2, 0.25) is 0 Å². The Morgan fingerprint density at radius 2 is 1.78 bits per heavy atom. The molecular formula is C17H16O5S. The molecule has 1 saturated carbocycles. The molecular weight excluding hydrogens is 316 g/mol. The lowest BCUT2D eigenvalue weighted by molar-refractivity contribution is 0.174. The van der Waals surface area contributed by atoms with Gasteiger partial charge in [0.25, 0.3) is 0 Å². The lowest BCUT2D eigenvalue weighted by Gasteiger charge is -2.05. The van der Waals surface area contributed by atoms with Crippen molar-refractivity contribution in [3.05, 3.63) is 54.1 Å². The zero-order valence-electron chi connectivity index (χ0n) is 12.3. The second-order valence-electron chi connectivity index (χ2n) is 5.81. The molecule has 3 atom stereocenters. The third kappa shape index (κ3) is 2.29. The third-order valence-corrected chi connectivity index (χ3v) is 6.81. The van der Waals surface area contributed by atoms with Crippen molar-refractivity contribution in [2.75, 3.05) is 13.4 Å². The minimum Gasteiger partial charge on any atom is -0.454 e. The van der Waals surface area contributed by atoms with Crippen LogP contribution < -0.4 is 9.47 Å². The molecule has 1 N–H and O–H groups in total. The van der Waals surface area contributed by atoms with Crippen LogP contribution >= 0.6 is 0 Å². The summed E-state index contributed by atoms with van der Waals surface area (Å²) >= 11 is 0. The van der Waals surface area contributed by atoms with Crippen LogP contribution in [0.5, 0.6) is 11.5 Å². The molecule has 1 aliphatic carbocycles. The van der Waals surface area contributed by atoms with E-state index in [-0.39, 0.29) is 25.2 Å². The van der Waals surface area contributed by atoms with Crippen LogP contribution in [0, 0.1) is 5.92 Å². The van der Waals surface area contributed by atoms with Crippen molar-refractivity contribution < 1.29 is 23.0 Å². The Labute approximate surface area is 134 Å². The molecule has 0 spiro atoms. The molecule has 120 valence electrons. The van der Waals surface area contributed by atoms with E-state index < -0.39 is 15.1 Å². The van der Waals surface area contributed by atoms with Gasteiger partial charge in [-0.15, -0.1) is 0 Å². The molecule has 1 fully saturated rings. The van der Waals surface area contributed by atoms with E-state index in [0.717, 1.165) is 5.56 Å². The third-order valence-electron chi connectivity index (χ3n) is 4.52. The Hall–Kier alpha value is -2.05. The van der Waals surface area contributed by atoms with Crippen LogP contribution in [-0.2, 0) is 9.84 Å². The SMILES string of the molecule is O=S(=O)(c1ccccc1)C1C(CO)C1c1ccc2c(c1)OCO2. The number of ether oxygens (including phenoxy) is 2. The van der Waals surface area contributed by atoms with Crippen LogP contribution in [0.3, 0.4) is 0 Å². The van der Waals surface area contributed by atoms with Crippen molar-refractivity contribution in [1.82, 2.24) is 0 Å². The van der Waals surface area contributed by atoms with Crippen molar-refractivity contribution in [2.24, 2.45) is 5.92 Å². The lowest BCUT2D eigenvalue weighted by Crippen LogP contribution is -2.11. The zero-order valence-corrected chi connectivity index (χ0v) is 13.1. The molecule has 5 nitrogen and oxygen atoms in total. The van der Waals surface area contributed by atoms with Crippen molar-refractivity contribution >= 4 is 9.84 Å². The van der Waals surface area contributed by atoms with E-state index in [1.54, 1.807) is 36.4 Å². The number of hydrogen-bond donors (Lipinski definition) is 1. The van der Waals surface area contributed by atoms with E-state index in [1.807, 2.05) is 12.1 Å². The first-order chi connectivity index (χ1) is 11.1. The molecule has 1 heterocycles. The van der Waals surface area contributed by atoms with Gasteiger partial charge in [-0.05, 0) is 29.8 Å². The van der Waals surface area contributed by atoms with Gasteiger partial charge in [0.05, 0.1) is 10.1 Å². The van der Waals surface area contributed by atoms with Crippen molar-refractivity contribution in [1.29, 1.82) is 0 Å². The van der Waals surface area contributed by atoms with Crippen LogP contribution in [0.15, 0.2) is 53.4 Å². The first-order valence-corrected chi connectivity index (χ1v) is 8.97. The zero-order chi connectivity index (χ0) is 16.0. The Bertz CT molecular complexity index is 831. The molecule has 0 aromatic heterocycles. The van der Waals surface area contributed by atoms with Crippen LogP contribution in [-0.4, -0.2) is 32.2 Å². The quantitative estimate of drug-likeness (QED) is 0.927. The second-order valence-corrected chi connectivity index (χ2v) is 7.91. The summed E-state index contributed by atoms with van der Waals surface area (Å²) < 4.78 is 36.3. The summed E-state index contributed by atoms with van der Waals surface area (Å²) in [5.41, 5.74) is 0.859. The fraction of sp³-hybridized carbons (Fsp3) is 0.294. The minimum atomic E-state index is -3.47. The number of benzene rings is 2. The summed E-state index contributed by atoms with van der Waals surface area (Å²) in [4.78, 5) is 0.298. The van der Waals surface area contributed by atoms with Gasteiger partial charge in [-0.2, -0.15) is 0 Å². The largest absolute Gasteiger partial charge is 0.454 e. The summed E-state index contributed by atoms with van der Waals surface area (Å²) in [5, 5.41) is 8.99. The van der Waals surface area contributed by atoms with Gasteiger partial charge < -0.3 is 14.6 Å². The summed E-state index contributed by atoms with van der Waals surface area (Å²) in [6.07, 6.45) is 0.